The molecule has 2 aromatic carbocycles. The molecule has 0 spiro atoms. The van der Waals surface area contributed by atoms with Crippen molar-refractivity contribution in [2.24, 2.45) is 0 Å². The van der Waals surface area contributed by atoms with Crippen molar-refractivity contribution in [2.45, 2.75) is 19.4 Å². The molecule has 1 aliphatic heterocycles. The maximum absolute atomic E-state index is 12.9. The summed E-state index contributed by atoms with van der Waals surface area (Å²) >= 11 is 0. The van der Waals surface area contributed by atoms with Gasteiger partial charge in [0.15, 0.2) is 6.10 Å². The summed E-state index contributed by atoms with van der Waals surface area (Å²) in [7, 11) is 0. The zero-order chi connectivity index (χ0) is 19.9. The van der Waals surface area contributed by atoms with Crippen molar-refractivity contribution in [3.05, 3.63) is 59.9 Å². The molecule has 0 aliphatic carbocycles. The van der Waals surface area contributed by atoms with Crippen molar-refractivity contribution in [1.29, 1.82) is 0 Å². The number of hydrogen-bond donors (Lipinski definition) is 1. The van der Waals surface area contributed by atoms with Crippen LogP contribution in [0.1, 0.15) is 12.5 Å². The quantitative estimate of drug-likeness (QED) is 0.829. The van der Waals surface area contributed by atoms with Gasteiger partial charge in [0.1, 0.15) is 11.6 Å². The minimum absolute atomic E-state index is 0.0707. The third-order valence-electron chi connectivity index (χ3n) is 4.44. The first kappa shape index (κ1) is 19.8. The Hall–Kier alpha value is -2.93. The zero-order valence-electron chi connectivity index (χ0n) is 15.7. The summed E-state index contributed by atoms with van der Waals surface area (Å²) in [4.78, 5) is 26.3. The van der Waals surface area contributed by atoms with Crippen LogP contribution in [0.25, 0.3) is 0 Å². The summed E-state index contributed by atoms with van der Waals surface area (Å²) in [5.41, 5.74) is 1.49. The van der Waals surface area contributed by atoms with E-state index >= 15 is 0 Å². The standard InChI is InChI=1S/C21H23FN2O4/c1-15(28-19-8-4-17(22)5-9-19)21(26)23-18-6-2-16(3-7-18)14-20(25)24-10-12-27-13-11-24/h2-9,15H,10-14H2,1H3,(H,23,26). The fourth-order valence-corrected chi connectivity index (χ4v) is 2.82. The molecule has 28 heavy (non-hydrogen) atoms. The van der Waals surface area contributed by atoms with Gasteiger partial charge in [0.05, 0.1) is 19.6 Å². The third-order valence-corrected chi connectivity index (χ3v) is 4.44. The Morgan fingerprint density at radius 1 is 1.11 bits per heavy atom. The van der Waals surface area contributed by atoms with E-state index in [0.29, 0.717) is 44.2 Å². The Labute approximate surface area is 163 Å². The molecular weight excluding hydrogens is 363 g/mol. The van der Waals surface area contributed by atoms with Crippen LogP contribution in [0.4, 0.5) is 10.1 Å². The Morgan fingerprint density at radius 3 is 2.39 bits per heavy atom. The Bertz CT molecular complexity index is 802. The van der Waals surface area contributed by atoms with Crippen LogP contribution in [0, 0.1) is 5.82 Å². The molecule has 1 saturated heterocycles. The second-order valence-electron chi connectivity index (χ2n) is 6.57. The average Bonchev–Trinajstić information content (AvgIpc) is 2.71. The molecule has 1 unspecified atom stereocenters. The number of carbonyl (C=O) groups excluding carboxylic acids is 2. The van der Waals surface area contributed by atoms with Crippen molar-refractivity contribution in [3.63, 3.8) is 0 Å². The number of morpholine rings is 1. The van der Waals surface area contributed by atoms with Crippen molar-refractivity contribution >= 4 is 17.5 Å². The SMILES string of the molecule is CC(Oc1ccc(F)cc1)C(=O)Nc1ccc(CC(=O)N2CCOCC2)cc1. The van der Waals surface area contributed by atoms with Gasteiger partial charge in [-0.05, 0) is 48.9 Å². The smallest absolute Gasteiger partial charge is 0.265 e. The van der Waals surface area contributed by atoms with Crippen LogP contribution in [0.2, 0.25) is 0 Å². The van der Waals surface area contributed by atoms with Crippen LogP contribution in [0.15, 0.2) is 48.5 Å². The van der Waals surface area contributed by atoms with Crippen molar-refractivity contribution in [1.82, 2.24) is 4.90 Å². The van der Waals surface area contributed by atoms with Gasteiger partial charge in [-0.25, -0.2) is 4.39 Å². The molecule has 0 aromatic heterocycles. The molecule has 2 amide bonds. The van der Waals surface area contributed by atoms with Crippen molar-refractivity contribution < 1.29 is 23.5 Å². The maximum Gasteiger partial charge on any atom is 0.265 e. The summed E-state index contributed by atoms with van der Waals surface area (Å²) in [6.45, 7) is 4.02. The Balaban J connectivity index is 1.50. The second kappa shape index (κ2) is 9.32. The average molecular weight is 386 g/mol. The van der Waals surface area contributed by atoms with Crippen molar-refractivity contribution in [3.8, 4) is 5.75 Å². The first-order chi connectivity index (χ1) is 13.5. The minimum Gasteiger partial charge on any atom is -0.481 e. The largest absolute Gasteiger partial charge is 0.481 e. The lowest BCUT2D eigenvalue weighted by Crippen LogP contribution is -2.41. The molecular formula is C21H23FN2O4. The summed E-state index contributed by atoms with van der Waals surface area (Å²) in [5, 5.41) is 2.77. The monoisotopic (exact) mass is 386 g/mol. The molecule has 148 valence electrons. The number of benzene rings is 2. The molecule has 1 atom stereocenters. The fourth-order valence-electron chi connectivity index (χ4n) is 2.82. The van der Waals surface area contributed by atoms with Gasteiger partial charge in [-0.15, -0.1) is 0 Å². The lowest BCUT2D eigenvalue weighted by molar-refractivity contribution is -0.134. The molecule has 0 bridgehead atoms. The van der Waals surface area contributed by atoms with E-state index in [2.05, 4.69) is 5.32 Å². The van der Waals surface area contributed by atoms with Gasteiger partial charge in [-0.3, -0.25) is 9.59 Å². The first-order valence-corrected chi connectivity index (χ1v) is 9.19. The molecule has 1 fully saturated rings. The lowest BCUT2D eigenvalue weighted by Gasteiger charge is -2.26. The lowest BCUT2D eigenvalue weighted by atomic mass is 10.1. The molecule has 1 aliphatic rings. The predicted octanol–water partition coefficient (Wildman–Crippen LogP) is 2.63. The summed E-state index contributed by atoms with van der Waals surface area (Å²) in [6.07, 6.45) is -0.425. The van der Waals surface area contributed by atoms with Gasteiger partial charge in [-0.1, -0.05) is 12.1 Å². The van der Waals surface area contributed by atoms with Gasteiger partial charge in [0.25, 0.3) is 5.91 Å². The van der Waals surface area contributed by atoms with E-state index < -0.39 is 6.10 Å². The third kappa shape index (κ3) is 5.53. The van der Waals surface area contributed by atoms with E-state index in [0.717, 1.165) is 5.56 Å². The maximum atomic E-state index is 12.9. The molecule has 7 heteroatoms. The molecule has 1 heterocycles. The van der Waals surface area contributed by atoms with Gasteiger partial charge in [0.2, 0.25) is 5.91 Å². The first-order valence-electron chi connectivity index (χ1n) is 9.19. The molecule has 6 nitrogen and oxygen atoms in total. The summed E-state index contributed by atoms with van der Waals surface area (Å²) in [6, 6.07) is 12.6. The highest BCUT2D eigenvalue weighted by Gasteiger charge is 2.18. The number of ether oxygens (including phenoxy) is 2. The topological polar surface area (TPSA) is 67.9 Å². The second-order valence-corrected chi connectivity index (χ2v) is 6.57. The van der Waals surface area contributed by atoms with Crippen LogP contribution >= 0.6 is 0 Å². The molecule has 0 saturated carbocycles. The molecule has 0 radical (unpaired) electrons. The van der Waals surface area contributed by atoms with Gasteiger partial charge < -0.3 is 19.7 Å². The van der Waals surface area contributed by atoms with E-state index in [9.17, 15) is 14.0 Å². The highest BCUT2D eigenvalue weighted by atomic mass is 19.1. The molecule has 3 rings (SSSR count). The number of halogens is 1. The van der Waals surface area contributed by atoms with Crippen LogP contribution in [-0.4, -0.2) is 49.1 Å². The minimum atomic E-state index is -0.743. The van der Waals surface area contributed by atoms with Crippen molar-refractivity contribution in [2.75, 3.05) is 31.6 Å². The Morgan fingerprint density at radius 2 is 1.75 bits per heavy atom. The van der Waals surface area contributed by atoms with Crippen LogP contribution in [0.3, 0.4) is 0 Å². The highest BCUT2D eigenvalue weighted by molar-refractivity contribution is 5.94. The normalized spacial score (nSPS) is 15.0. The van der Waals surface area contributed by atoms with E-state index in [4.69, 9.17) is 9.47 Å². The number of nitrogens with zero attached hydrogens (tertiary/aromatic N) is 1. The number of anilines is 1. The number of amides is 2. The van der Waals surface area contributed by atoms with Gasteiger partial charge >= 0.3 is 0 Å². The van der Waals surface area contributed by atoms with Crippen LogP contribution in [-0.2, 0) is 20.7 Å². The van der Waals surface area contributed by atoms with E-state index in [1.54, 1.807) is 24.0 Å². The number of hydrogen-bond acceptors (Lipinski definition) is 4. The zero-order valence-corrected chi connectivity index (χ0v) is 15.7. The van der Waals surface area contributed by atoms with Crippen LogP contribution in [0.5, 0.6) is 5.75 Å². The van der Waals surface area contributed by atoms with E-state index in [1.165, 1.54) is 24.3 Å². The summed E-state index contributed by atoms with van der Waals surface area (Å²) < 4.78 is 23.7. The highest BCUT2D eigenvalue weighted by Crippen LogP contribution is 2.15. The fraction of sp³-hybridized carbons (Fsp3) is 0.333. The predicted molar refractivity (Wildman–Crippen MR) is 103 cm³/mol. The molecule has 2 aromatic rings. The summed E-state index contributed by atoms with van der Waals surface area (Å²) in [5.74, 6) is -0.194. The van der Waals surface area contributed by atoms with E-state index in [1.807, 2.05) is 12.1 Å². The van der Waals surface area contributed by atoms with Crippen LogP contribution < -0.4 is 10.1 Å². The number of carbonyl (C=O) groups is 2. The van der Waals surface area contributed by atoms with Gasteiger partial charge in [-0.2, -0.15) is 0 Å². The van der Waals surface area contributed by atoms with Gasteiger partial charge in [0, 0.05) is 18.8 Å². The number of rotatable bonds is 6. The number of nitrogens with one attached hydrogen (secondary N) is 1. The molecule has 1 N–H and O–H groups in total. The van der Waals surface area contributed by atoms with E-state index in [-0.39, 0.29) is 17.6 Å². The Kier molecular flexibility index (Phi) is 6.60.